The van der Waals surface area contributed by atoms with Crippen LogP contribution in [0.3, 0.4) is 0 Å². The molecule has 1 aromatic carbocycles. The van der Waals surface area contributed by atoms with Crippen LogP contribution in [0.25, 0.3) is 0 Å². The van der Waals surface area contributed by atoms with Crippen molar-refractivity contribution in [2.45, 2.75) is 32.1 Å². The Kier molecular flexibility index (Phi) is 3.29. The van der Waals surface area contributed by atoms with Gasteiger partial charge in [0.1, 0.15) is 12.0 Å². The molecule has 2 aliphatic rings. The van der Waals surface area contributed by atoms with Gasteiger partial charge >= 0.3 is 6.41 Å². The lowest BCUT2D eigenvalue weighted by Gasteiger charge is -2.11. The average molecular weight is 313 g/mol. The van der Waals surface area contributed by atoms with E-state index in [0.29, 0.717) is 35.7 Å². The van der Waals surface area contributed by atoms with Gasteiger partial charge < -0.3 is 13.9 Å². The first-order chi connectivity index (χ1) is 11.2. The molecule has 118 valence electrons. The first-order valence-electron chi connectivity index (χ1n) is 7.59. The maximum absolute atomic E-state index is 12.5. The van der Waals surface area contributed by atoms with Gasteiger partial charge in [-0.3, -0.25) is 14.9 Å². The second kappa shape index (κ2) is 5.46. The number of aryl methyl sites for hydroxylation is 1. The molecule has 2 heterocycles. The summed E-state index contributed by atoms with van der Waals surface area (Å²) in [6.45, 7) is 0. The van der Waals surface area contributed by atoms with Crippen LogP contribution in [0.2, 0.25) is 0 Å². The zero-order chi connectivity index (χ0) is 15.8. The number of rotatable bonds is 2. The number of benzene rings is 1. The van der Waals surface area contributed by atoms with E-state index in [0.717, 1.165) is 12.8 Å². The lowest BCUT2D eigenvalue weighted by Crippen LogP contribution is -2.41. The predicted octanol–water partition coefficient (Wildman–Crippen LogP) is 2.67. The summed E-state index contributed by atoms with van der Waals surface area (Å²) in [5.74, 6) is 1.24. The monoisotopic (exact) mass is 313 g/mol. The molecule has 0 saturated carbocycles. The van der Waals surface area contributed by atoms with Crippen molar-refractivity contribution in [1.82, 2.24) is 5.32 Å². The number of ketones is 1. The minimum absolute atomic E-state index is 0.0482. The van der Waals surface area contributed by atoms with Gasteiger partial charge in [-0.25, -0.2) is 0 Å². The summed E-state index contributed by atoms with van der Waals surface area (Å²) in [5.41, 5.74) is 0.644. The molecule has 0 bridgehead atoms. The van der Waals surface area contributed by atoms with E-state index in [1.807, 2.05) is 12.1 Å². The van der Waals surface area contributed by atoms with Crippen molar-refractivity contribution in [2.75, 3.05) is 0 Å². The van der Waals surface area contributed by atoms with Crippen molar-refractivity contribution < 1.29 is 23.5 Å². The Balaban J connectivity index is 1.53. The third kappa shape index (κ3) is 2.46. The largest absolute Gasteiger partial charge is 0.468 e. The molecule has 0 saturated heterocycles. The fourth-order valence-electron chi connectivity index (χ4n) is 2.89. The zero-order valence-electron chi connectivity index (χ0n) is 12.3. The van der Waals surface area contributed by atoms with Gasteiger partial charge in [-0.2, -0.15) is 0 Å². The van der Waals surface area contributed by atoms with Crippen molar-refractivity contribution in [1.29, 1.82) is 0 Å². The van der Waals surface area contributed by atoms with E-state index in [2.05, 4.69) is 5.32 Å². The fraction of sp³-hybridized carbons (Fsp3) is 0.294. The number of fused-ring (bicyclic) bond motifs is 2. The normalized spacial score (nSPS) is 16.8. The number of nitrogens with one attached hydrogen (secondary N) is 1. The topological polar surface area (TPSA) is 77.8 Å². The molecule has 0 spiro atoms. The summed E-state index contributed by atoms with van der Waals surface area (Å²) < 4.78 is 16.4. The Morgan fingerprint density at radius 1 is 1.09 bits per heavy atom. The minimum Gasteiger partial charge on any atom is -0.468 e. The van der Waals surface area contributed by atoms with Crippen molar-refractivity contribution >= 4 is 11.7 Å². The number of carbonyl (C=O) groups excluding carboxylic acids is 2. The predicted molar refractivity (Wildman–Crippen MR) is 79.5 cm³/mol. The molecule has 1 N–H and O–H groups in total. The quantitative estimate of drug-likeness (QED) is 0.862. The van der Waals surface area contributed by atoms with E-state index in [-0.39, 0.29) is 11.3 Å². The summed E-state index contributed by atoms with van der Waals surface area (Å²) in [6.07, 6.45) is 3.24. The number of ether oxygens (including phenoxy) is 2. The first kappa shape index (κ1) is 13.9. The van der Waals surface area contributed by atoms with Crippen LogP contribution in [-0.2, 0) is 6.42 Å². The van der Waals surface area contributed by atoms with Gasteiger partial charge in [0.2, 0.25) is 0 Å². The smallest absolute Gasteiger partial charge is 0.327 e. The maximum atomic E-state index is 12.5. The molecule has 23 heavy (non-hydrogen) atoms. The molecule has 0 unspecified atom stereocenters. The van der Waals surface area contributed by atoms with Crippen molar-refractivity contribution in [3.05, 3.63) is 47.4 Å². The summed E-state index contributed by atoms with van der Waals surface area (Å²) in [4.78, 5) is 24.7. The summed E-state index contributed by atoms with van der Waals surface area (Å²) in [7, 11) is 0. The molecule has 0 atom stereocenters. The summed E-state index contributed by atoms with van der Waals surface area (Å²) in [6, 6.07) is 7.16. The van der Waals surface area contributed by atoms with Crippen LogP contribution in [0.1, 0.15) is 45.7 Å². The minimum atomic E-state index is -0.911. The van der Waals surface area contributed by atoms with E-state index >= 15 is 0 Å². The van der Waals surface area contributed by atoms with Crippen LogP contribution in [0.15, 0.2) is 34.9 Å². The van der Waals surface area contributed by atoms with E-state index in [1.54, 1.807) is 12.1 Å². The first-order valence-corrected chi connectivity index (χ1v) is 7.59. The van der Waals surface area contributed by atoms with E-state index < -0.39 is 12.3 Å². The van der Waals surface area contributed by atoms with E-state index in [9.17, 15) is 9.59 Å². The van der Waals surface area contributed by atoms with Crippen molar-refractivity contribution in [2.24, 2.45) is 0 Å². The highest BCUT2D eigenvalue weighted by molar-refractivity contribution is 6.08. The second-order valence-electron chi connectivity index (χ2n) is 5.57. The highest BCUT2D eigenvalue weighted by atomic mass is 16.7. The number of hydrogen-bond acceptors (Lipinski definition) is 5. The van der Waals surface area contributed by atoms with Gasteiger partial charge in [0.15, 0.2) is 17.3 Å². The lowest BCUT2D eigenvalue weighted by molar-refractivity contribution is 0.0183. The van der Waals surface area contributed by atoms with Crippen molar-refractivity contribution in [3.8, 4) is 11.5 Å². The Labute approximate surface area is 132 Å². The number of para-hydroxylation sites is 2. The molecule has 1 aliphatic carbocycles. The van der Waals surface area contributed by atoms with E-state index in [4.69, 9.17) is 13.9 Å². The molecule has 1 aromatic heterocycles. The highest BCUT2D eigenvalue weighted by Gasteiger charge is 2.30. The van der Waals surface area contributed by atoms with Gasteiger partial charge in [0.25, 0.3) is 5.91 Å². The Morgan fingerprint density at radius 2 is 1.78 bits per heavy atom. The fourth-order valence-corrected chi connectivity index (χ4v) is 2.89. The standard InChI is InChI=1S/C17H15NO5/c19-11-5-1-2-8-14-15(11)10(9-21-14)16(20)18-17-22-12-6-3-4-7-13(12)23-17/h3-4,6-7,9,17H,1-2,5,8H2,(H,18,20). The maximum Gasteiger partial charge on any atom is 0.327 e. The van der Waals surface area contributed by atoms with Crippen LogP contribution < -0.4 is 14.8 Å². The van der Waals surface area contributed by atoms with Crippen LogP contribution >= 0.6 is 0 Å². The Hall–Kier alpha value is -2.76. The van der Waals surface area contributed by atoms with E-state index in [1.165, 1.54) is 6.26 Å². The van der Waals surface area contributed by atoms with Crippen LogP contribution in [0, 0.1) is 0 Å². The summed E-state index contributed by atoms with van der Waals surface area (Å²) in [5, 5.41) is 2.62. The van der Waals surface area contributed by atoms with Gasteiger partial charge in [-0.05, 0) is 25.0 Å². The number of amides is 1. The third-order valence-electron chi connectivity index (χ3n) is 4.01. The van der Waals surface area contributed by atoms with Crippen LogP contribution in [0.5, 0.6) is 11.5 Å². The molecule has 1 aliphatic heterocycles. The SMILES string of the molecule is O=C(NC1Oc2ccccc2O1)c1coc2c1C(=O)CCCC2. The molecule has 0 fully saturated rings. The number of furan rings is 1. The van der Waals surface area contributed by atoms with Crippen LogP contribution in [0.4, 0.5) is 0 Å². The number of hydrogen-bond donors (Lipinski definition) is 1. The Morgan fingerprint density at radius 3 is 2.52 bits per heavy atom. The Bertz CT molecular complexity index is 754. The number of Topliss-reactive ketones (excluding diaryl/α,β-unsaturated/α-hetero) is 1. The highest BCUT2D eigenvalue weighted by Crippen LogP contribution is 2.33. The second-order valence-corrected chi connectivity index (χ2v) is 5.57. The molecule has 6 nitrogen and oxygen atoms in total. The molecular formula is C17H15NO5. The van der Waals surface area contributed by atoms with Gasteiger partial charge in [0, 0.05) is 12.8 Å². The van der Waals surface area contributed by atoms with Crippen LogP contribution in [-0.4, -0.2) is 18.1 Å². The van der Waals surface area contributed by atoms with Gasteiger partial charge in [-0.15, -0.1) is 0 Å². The molecular weight excluding hydrogens is 298 g/mol. The van der Waals surface area contributed by atoms with Crippen molar-refractivity contribution in [3.63, 3.8) is 0 Å². The average Bonchev–Trinajstić information content (AvgIpc) is 3.10. The zero-order valence-corrected chi connectivity index (χ0v) is 12.3. The lowest BCUT2D eigenvalue weighted by atomic mass is 10.0. The molecule has 2 aromatic rings. The van der Waals surface area contributed by atoms with Gasteiger partial charge in [-0.1, -0.05) is 12.1 Å². The molecule has 1 amide bonds. The molecule has 0 radical (unpaired) electrons. The molecule has 4 rings (SSSR count). The third-order valence-corrected chi connectivity index (χ3v) is 4.01. The molecule has 6 heteroatoms. The van der Waals surface area contributed by atoms with Gasteiger partial charge in [0.05, 0.1) is 11.1 Å². The summed E-state index contributed by atoms with van der Waals surface area (Å²) >= 11 is 0. The number of carbonyl (C=O) groups is 2.